The lowest BCUT2D eigenvalue weighted by Crippen LogP contribution is -2.19. The molecule has 1 aliphatic rings. The van der Waals surface area contributed by atoms with Gasteiger partial charge >= 0.3 is 5.97 Å². The SMILES string of the molecule is CCn1cc(CN2CCc3cc(C(=O)O)ccc32)cn1. The van der Waals surface area contributed by atoms with E-state index in [1.165, 1.54) is 5.56 Å². The maximum atomic E-state index is 11.0. The molecule has 0 bridgehead atoms. The number of carbonyl (C=O) groups is 1. The summed E-state index contributed by atoms with van der Waals surface area (Å²) in [6.45, 7) is 4.68. The summed E-state index contributed by atoms with van der Waals surface area (Å²) < 4.78 is 1.92. The highest BCUT2D eigenvalue weighted by Gasteiger charge is 2.20. The number of carboxylic acids is 1. The Balaban J connectivity index is 1.80. The smallest absolute Gasteiger partial charge is 0.335 e. The normalized spacial score (nSPS) is 13.6. The molecule has 0 aliphatic carbocycles. The third-order valence-electron chi connectivity index (χ3n) is 3.70. The van der Waals surface area contributed by atoms with Gasteiger partial charge in [0.25, 0.3) is 0 Å². The van der Waals surface area contributed by atoms with E-state index in [-0.39, 0.29) is 0 Å². The highest BCUT2D eigenvalue weighted by atomic mass is 16.4. The highest BCUT2D eigenvalue weighted by molar-refractivity contribution is 5.88. The van der Waals surface area contributed by atoms with E-state index in [1.807, 2.05) is 16.9 Å². The number of aryl methyl sites for hydroxylation is 1. The molecule has 0 fully saturated rings. The standard InChI is InChI=1S/C15H17N3O2/c1-2-18-10-11(8-16-18)9-17-6-5-12-7-13(15(19)20)3-4-14(12)17/h3-4,7-8,10H,2,5-6,9H2,1H3,(H,19,20). The van der Waals surface area contributed by atoms with Crippen LogP contribution in [0.4, 0.5) is 5.69 Å². The molecule has 1 aliphatic heterocycles. The molecule has 0 saturated heterocycles. The van der Waals surface area contributed by atoms with Gasteiger partial charge < -0.3 is 10.0 Å². The Kier molecular flexibility index (Phi) is 3.18. The summed E-state index contributed by atoms with van der Waals surface area (Å²) >= 11 is 0. The molecular formula is C15H17N3O2. The van der Waals surface area contributed by atoms with Crippen molar-refractivity contribution in [2.75, 3.05) is 11.4 Å². The molecular weight excluding hydrogens is 254 g/mol. The van der Waals surface area contributed by atoms with Crippen molar-refractivity contribution in [1.82, 2.24) is 9.78 Å². The summed E-state index contributed by atoms with van der Waals surface area (Å²) in [7, 11) is 0. The fraction of sp³-hybridized carbons (Fsp3) is 0.333. The highest BCUT2D eigenvalue weighted by Crippen LogP contribution is 2.30. The van der Waals surface area contributed by atoms with Gasteiger partial charge in [-0.2, -0.15) is 5.10 Å². The van der Waals surface area contributed by atoms with Crippen LogP contribution in [0, 0.1) is 0 Å². The Morgan fingerprint density at radius 2 is 2.30 bits per heavy atom. The van der Waals surface area contributed by atoms with Gasteiger partial charge in [-0.25, -0.2) is 4.79 Å². The molecule has 0 amide bonds. The fourth-order valence-electron chi connectivity index (χ4n) is 2.65. The van der Waals surface area contributed by atoms with Gasteiger partial charge in [-0.15, -0.1) is 0 Å². The number of anilines is 1. The molecule has 20 heavy (non-hydrogen) atoms. The first kappa shape index (κ1) is 12.7. The van der Waals surface area contributed by atoms with Crippen LogP contribution in [0.3, 0.4) is 0 Å². The number of benzene rings is 1. The minimum Gasteiger partial charge on any atom is -0.478 e. The Morgan fingerprint density at radius 1 is 1.45 bits per heavy atom. The van der Waals surface area contributed by atoms with Crippen LogP contribution in [0.2, 0.25) is 0 Å². The van der Waals surface area contributed by atoms with Crippen molar-refractivity contribution in [2.45, 2.75) is 26.4 Å². The number of hydrogen-bond acceptors (Lipinski definition) is 3. The predicted octanol–water partition coefficient (Wildman–Crippen LogP) is 2.16. The monoisotopic (exact) mass is 271 g/mol. The lowest BCUT2D eigenvalue weighted by atomic mass is 10.1. The maximum absolute atomic E-state index is 11.0. The molecule has 0 unspecified atom stereocenters. The van der Waals surface area contributed by atoms with Crippen molar-refractivity contribution in [3.05, 3.63) is 47.3 Å². The number of aromatic nitrogens is 2. The Labute approximate surface area is 117 Å². The van der Waals surface area contributed by atoms with Gasteiger partial charge in [-0.3, -0.25) is 4.68 Å². The third kappa shape index (κ3) is 2.27. The van der Waals surface area contributed by atoms with Crippen LogP contribution in [-0.4, -0.2) is 27.4 Å². The van der Waals surface area contributed by atoms with Crippen LogP contribution in [-0.2, 0) is 19.5 Å². The van der Waals surface area contributed by atoms with Gasteiger partial charge in [0.15, 0.2) is 0 Å². The number of hydrogen-bond donors (Lipinski definition) is 1. The summed E-state index contributed by atoms with van der Waals surface area (Å²) in [5.74, 6) is -0.865. The molecule has 0 atom stereocenters. The second-order valence-corrected chi connectivity index (χ2v) is 5.02. The minimum atomic E-state index is -0.865. The zero-order chi connectivity index (χ0) is 14.1. The summed E-state index contributed by atoms with van der Waals surface area (Å²) in [4.78, 5) is 13.3. The van der Waals surface area contributed by atoms with Crippen LogP contribution in [0.15, 0.2) is 30.6 Å². The van der Waals surface area contributed by atoms with Crippen molar-refractivity contribution in [2.24, 2.45) is 0 Å². The van der Waals surface area contributed by atoms with Gasteiger partial charge in [0.05, 0.1) is 11.8 Å². The zero-order valence-electron chi connectivity index (χ0n) is 11.4. The molecule has 104 valence electrons. The van der Waals surface area contributed by atoms with Gasteiger partial charge in [0.1, 0.15) is 0 Å². The van der Waals surface area contributed by atoms with Gasteiger partial charge in [-0.05, 0) is 37.1 Å². The summed E-state index contributed by atoms with van der Waals surface area (Å²) in [5.41, 5.74) is 3.80. The van der Waals surface area contributed by atoms with E-state index < -0.39 is 5.97 Å². The molecule has 0 radical (unpaired) electrons. The van der Waals surface area contributed by atoms with Crippen LogP contribution in [0.25, 0.3) is 0 Å². The van der Waals surface area contributed by atoms with E-state index in [0.29, 0.717) is 5.56 Å². The number of aromatic carboxylic acids is 1. The first-order valence-electron chi connectivity index (χ1n) is 6.80. The largest absolute Gasteiger partial charge is 0.478 e. The Morgan fingerprint density at radius 3 is 3.00 bits per heavy atom. The number of nitrogens with zero attached hydrogens (tertiary/aromatic N) is 3. The van der Waals surface area contributed by atoms with Crippen molar-refractivity contribution in [3.8, 4) is 0 Å². The average Bonchev–Trinajstić information content (AvgIpc) is 3.06. The van der Waals surface area contributed by atoms with Crippen molar-refractivity contribution in [3.63, 3.8) is 0 Å². The molecule has 5 heteroatoms. The average molecular weight is 271 g/mol. The molecule has 2 aromatic rings. The van der Waals surface area contributed by atoms with E-state index in [0.717, 1.165) is 37.3 Å². The van der Waals surface area contributed by atoms with E-state index in [9.17, 15) is 4.79 Å². The number of carboxylic acid groups (broad SMARTS) is 1. The first-order chi connectivity index (χ1) is 9.67. The minimum absolute atomic E-state index is 0.365. The second-order valence-electron chi connectivity index (χ2n) is 5.02. The van der Waals surface area contributed by atoms with E-state index in [4.69, 9.17) is 5.11 Å². The van der Waals surface area contributed by atoms with Crippen LogP contribution in [0.1, 0.15) is 28.4 Å². The first-order valence-corrected chi connectivity index (χ1v) is 6.80. The van der Waals surface area contributed by atoms with E-state index in [2.05, 4.69) is 23.1 Å². The quantitative estimate of drug-likeness (QED) is 0.925. The zero-order valence-corrected chi connectivity index (χ0v) is 11.4. The molecule has 5 nitrogen and oxygen atoms in total. The molecule has 1 N–H and O–H groups in total. The number of fused-ring (bicyclic) bond motifs is 1. The van der Waals surface area contributed by atoms with Crippen molar-refractivity contribution < 1.29 is 9.90 Å². The van der Waals surface area contributed by atoms with Crippen LogP contribution >= 0.6 is 0 Å². The van der Waals surface area contributed by atoms with Crippen LogP contribution in [0.5, 0.6) is 0 Å². The molecule has 2 heterocycles. The molecule has 3 rings (SSSR count). The predicted molar refractivity (Wildman–Crippen MR) is 76.1 cm³/mol. The second kappa shape index (κ2) is 5.00. The van der Waals surface area contributed by atoms with E-state index in [1.54, 1.807) is 12.1 Å². The summed E-state index contributed by atoms with van der Waals surface area (Å²) in [5, 5.41) is 13.3. The fourth-order valence-corrected chi connectivity index (χ4v) is 2.65. The summed E-state index contributed by atoms with van der Waals surface area (Å²) in [6, 6.07) is 5.37. The van der Waals surface area contributed by atoms with Crippen molar-refractivity contribution in [1.29, 1.82) is 0 Å². The summed E-state index contributed by atoms with van der Waals surface area (Å²) in [6.07, 6.45) is 4.86. The van der Waals surface area contributed by atoms with Crippen molar-refractivity contribution >= 4 is 11.7 Å². The Bertz CT molecular complexity index is 648. The topological polar surface area (TPSA) is 58.4 Å². The lowest BCUT2D eigenvalue weighted by Gasteiger charge is -2.18. The molecule has 1 aromatic heterocycles. The van der Waals surface area contributed by atoms with Gasteiger partial charge in [0, 0.05) is 37.1 Å². The molecule has 0 saturated carbocycles. The van der Waals surface area contributed by atoms with E-state index >= 15 is 0 Å². The Hall–Kier alpha value is -2.30. The van der Waals surface area contributed by atoms with Gasteiger partial charge in [-0.1, -0.05) is 0 Å². The van der Waals surface area contributed by atoms with Crippen LogP contribution < -0.4 is 4.90 Å². The number of rotatable bonds is 4. The lowest BCUT2D eigenvalue weighted by molar-refractivity contribution is 0.0697. The van der Waals surface area contributed by atoms with Gasteiger partial charge in [0.2, 0.25) is 0 Å². The maximum Gasteiger partial charge on any atom is 0.335 e. The third-order valence-corrected chi connectivity index (χ3v) is 3.70. The molecule has 0 spiro atoms. The molecule has 1 aromatic carbocycles.